The van der Waals surface area contributed by atoms with Crippen molar-refractivity contribution in [2.75, 3.05) is 0 Å². The van der Waals surface area contributed by atoms with Crippen molar-refractivity contribution in [1.82, 2.24) is 0 Å². The maximum Gasteiger partial charge on any atom is 0.0998 e. The Morgan fingerprint density at radius 3 is 1.93 bits per heavy atom. The van der Waals surface area contributed by atoms with E-state index in [4.69, 9.17) is 5.26 Å². The van der Waals surface area contributed by atoms with E-state index >= 15 is 0 Å². The monoisotopic (exact) mass is 179 g/mol. The lowest BCUT2D eigenvalue weighted by Crippen LogP contribution is -1.67. The fourth-order valence-electron chi connectivity index (χ4n) is 0.805. The molecule has 1 heteroatoms. The molecule has 0 amide bonds. The summed E-state index contributed by atoms with van der Waals surface area (Å²) in [7, 11) is 0. The highest BCUT2D eigenvalue weighted by atomic mass is 14.2. The van der Waals surface area contributed by atoms with Gasteiger partial charge < -0.3 is 0 Å². The van der Waals surface area contributed by atoms with Gasteiger partial charge in [0.15, 0.2) is 0 Å². The Hall–Kier alpha value is -2.07. The molecule has 2 aromatic rings. The van der Waals surface area contributed by atoms with E-state index in [1.807, 2.05) is 48.5 Å². The molecule has 66 valence electrons. The van der Waals surface area contributed by atoms with Crippen molar-refractivity contribution in [3.05, 3.63) is 72.3 Å². The van der Waals surface area contributed by atoms with Crippen LogP contribution in [0.3, 0.4) is 0 Å². The number of rotatable bonds is 0. The summed E-state index contributed by atoms with van der Waals surface area (Å²) < 4.78 is 0. The molecule has 0 saturated carbocycles. The van der Waals surface area contributed by atoms with Crippen LogP contribution in [0, 0.1) is 23.5 Å². The molecule has 14 heavy (non-hydrogen) atoms. The number of benzene rings is 2. The summed E-state index contributed by atoms with van der Waals surface area (Å²) in [4.78, 5) is 0. The van der Waals surface area contributed by atoms with Crippen molar-refractivity contribution in [2.24, 2.45) is 0 Å². The highest BCUT2D eigenvalue weighted by molar-refractivity contribution is 5.25. The second kappa shape index (κ2) is 6.45. The zero-order chi connectivity index (χ0) is 10.1. The predicted molar refractivity (Wildman–Crippen MR) is 55.3 cm³/mol. The maximum absolute atomic E-state index is 8.26. The SMILES string of the molecule is N#Cc1[c]cccc1.[c]1ccccc1. The van der Waals surface area contributed by atoms with Crippen molar-refractivity contribution in [3.8, 4) is 6.07 Å². The molecule has 0 fully saturated rings. The van der Waals surface area contributed by atoms with Crippen LogP contribution in [-0.2, 0) is 0 Å². The van der Waals surface area contributed by atoms with Gasteiger partial charge in [0.1, 0.15) is 0 Å². The summed E-state index contributed by atoms with van der Waals surface area (Å²) in [6.07, 6.45) is 0. The molecule has 1 nitrogen and oxygen atoms in total. The largest absolute Gasteiger partial charge is 0.192 e. The molecule has 0 aliphatic heterocycles. The molecule has 0 atom stereocenters. The van der Waals surface area contributed by atoms with E-state index in [2.05, 4.69) is 12.1 Å². The van der Waals surface area contributed by atoms with Crippen LogP contribution in [0.25, 0.3) is 0 Å². The first-order valence-electron chi connectivity index (χ1n) is 4.21. The Labute approximate surface area is 84.3 Å². The third-order valence-corrected chi connectivity index (χ3v) is 1.44. The number of nitrogens with zero attached hydrogens (tertiary/aromatic N) is 1. The van der Waals surface area contributed by atoms with Crippen LogP contribution < -0.4 is 0 Å². The summed E-state index contributed by atoms with van der Waals surface area (Å²) in [6, 6.07) is 24.3. The third kappa shape index (κ3) is 4.08. The van der Waals surface area contributed by atoms with Gasteiger partial charge in [0.2, 0.25) is 0 Å². The molecular weight excluding hydrogens is 170 g/mol. The summed E-state index contributed by atoms with van der Waals surface area (Å²) in [5.74, 6) is 0. The number of hydrogen-bond acceptors (Lipinski definition) is 1. The van der Waals surface area contributed by atoms with Crippen molar-refractivity contribution in [3.63, 3.8) is 0 Å². The van der Waals surface area contributed by atoms with E-state index in [1.54, 1.807) is 12.1 Å². The molecule has 0 N–H and O–H groups in total. The van der Waals surface area contributed by atoms with E-state index in [-0.39, 0.29) is 0 Å². The second-order valence-electron chi connectivity index (χ2n) is 2.47. The smallest absolute Gasteiger partial charge is 0.0998 e. The van der Waals surface area contributed by atoms with E-state index in [1.165, 1.54) is 0 Å². The highest BCUT2D eigenvalue weighted by Crippen LogP contribution is 1.91. The Morgan fingerprint density at radius 1 is 0.929 bits per heavy atom. The van der Waals surface area contributed by atoms with Crippen LogP contribution in [0.15, 0.2) is 54.6 Å². The molecule has 0 saturated heterocycles. The minimum atomic E-state index is 0.590. The molecule has 0 unspecified atom stereocenters. The van der Waals surface area contributed by atoms with Crippen LogP contribution in [0.4, 0.5) is 0 Å². The van der Waals surface area contributed by atoms with Crippen molar-refractivity contribution >= 4 is 0 Å². The van der Waals surface area contributed by atoms with E-state index in [0.29, 0.717) is 5.56 Å². The summed E-state index contributed by atoms with van der Waals surface area (Å²) >= 11 is 0. The number of hydrogen-bond donors (Lipinski definition) is 0. The Balaban J connectivity index is 0.000000146. The zero-order valence-electron chi connectivity index (χ0n) is 7.64. The molecule has 0 aromatic heterocycles. The molecule has 0 spiro atoms. The van der Waals surface area contributed by atoms with E-state index in [0.717, 1.165) is 0 Å². The minimum Gasteiger partial charge on any atom is -0.192 e. The standard InChI is InChI=1S/C7H4N.C6H5/c8-6-7-4-2-1-3-5-7;1-2-4-6-5-3-1/h1-4H;1-5H. The quantitative estimate of drug-likeness (QED) is 0.610. The number of nitriles is 1. The lowest BCUT2D eigenvalue weighted by molar-refractivity contribution is 1.48. The summed E-state index contributed by atoms with van der Waals surface area (Å²) in [5.41, 5.74) is 0.590. The van der Waals surface area contributed by atoms with E-state index in [9.17, 15) is 0 Å². The van der Waals surface area contributed by atoms with Gasteiger partial charge in [0, 0.05) is 6.07 Å². The predicted octanol–water partition coefficient (Wildman–Crippen LogP) is 2.85. The normalized spacial score (nSPS) is 7.93. The van der Waals surface area contributed by atoms with Gasteiger partial charge in [-0.1, -0.05) is 48.5 Å². The van der Waals surface area contributed by atoms with Crippen molar-refractivity contribution < 1.29 is 0 Å². The van der Waals surface area contributed by atoms with Crippen molar-refractivity contribution in [2.45, 2.75) is 0 Å². The molecular formula is C13H9N. The van der Waals surface area contributed by atoms with Gasteiger partial charge in [-0.25, -0.2) is 0 Å². The molecule has 0 bridgehead atoms. The first kappa shape index (κ1) is 10.0. The van der Waals surface area contributed by atoms with Crippen LogP contribution in [0.2, 0.25) is 0 Å². The van der Waals surface area contributed by atoms with Crippen LogP contribution in [-0.4, -0.2) is 0 Å². The maximum atomic E-state index is 8.26. The van der Waals surface area contributed by atoms with Gasteiger partial charge in [-0.15, -0.1) is 0 Å². The summed E-state index contributed by atoms with van der Waals surface area (Å²) in [5, 5.41) is 8.26. The van der Waals surface area contributed by atoms with Crippen molar-refractivity contribution in [1.29, 1.82) is 5.26 Å². The molecule has 2 radical (unpaired) electrons. The van der Waals surface area contributed by atoms with Gasteiger partial charge in [-0.3, -0.25) is 0 Å². The first-order valence-corrected chi connectivity index (χ1v) is 4.21. The lowest BCUT2D eigenvalue weighted by Gasteiger charge is -1.79. The molecule has 2 aromatic carbocycles. The first-order chi connectivity index (χ1) is 6.93. The molecule has 0 heterocycles. The molecule has 0 aliphatic carbocycles. The Kier molecular flexibility index (Phi) is 4.61. The average Bonchev–Trinajstić information content (AvgIpc) is 2.33. The summed E-state index contributed by atoms with van der Waals surface area (Å²) in [6.45, 7) is 0. The van der Waals surface area contributed by atoms with Gasteiger partial charge in [-0.2, -0.15) is 5.26 Å². The zero-order valence-corrected chi connectivity index (χ0v) is 7.64. The van der Waals surface area contributed by atoms with Crippen LogP contribution in [0.5, 0.6) is 0 Å². The highest BCUT2D eigenvalue weighted by Gasteiger charge is 1.80. The van der Waals surface area contributed by atoms with Gasteiger partial charge in [-0.05, 0) is 12.1 Å². The Bertz CT molecular complexity index is 346. The minimum absolute atomic E-state index is 0.590. The lowest BCUT2D eigenvalue weighted by atomic mass is 10.2. The van der Waals surface area contributed by atoms with Gasteiger partial charge in [0.05, 0.1) is 11.6 Å². The fourth-order valence-corrected chi connectivity index (χ4v) is 0.805. The van der Waals surface area contributed by atoms with Gasteiger partial charge >= 0.3 is 0 Å². The van der Waals surface area contributed by atoms with Gasteiger partial charge in [0.25, 0.3) is 0 Å². The fraction of sp³-hybridized carbons (Fsp3) is 0. The second-order valence-corrected chi connectivity index (χ2v) is 2.47. The average molecular weight is 179 g/mol. The topological polar surface area (TPSA) is 23.8 Å². The van der Waals surface area contributed by atoms with E-state index < -0.39 is 0 Å². The molecule has 0 aliphatic rings. The van der Waals surface area contributed by atoms with Crippen LogP contribution >= 0.6 is 0 Å². The van der Waals surface area contributed by atoms with Crippen LogP contribution in [0.1, 0.15) is 5.56 Å². The Morgan fingerprint density at radius 2 is 1.64 bits per heavy atom. The molecule has 2 rings (SSSR count). The third-order valence-electron chi connectivity index (χ3n) is 1.44.